The molecule has 58 heavy (non-hydrogen) atoms. The molecule has 0 saturated carbocycles. The van der Waals surface area contributed by atoms with Gasteiger partial charge in [0.25, 0.3) is 0 Å². The highest BCUT2D eigenvalue weighted by Crippen LogP contribution is 2.49. The molecule has 4 unspecified atom stereocenters. The molecule has 0 bridgehead atoms. The summed E-state index contributed by atoms with van der Waals surface area (Å²) in [6.07, 6.45) is 30.0. The summed E-state index contributed by atoms with van der Waals surface area (Å²) in [7, 11) is 0. The number of nitrogens with one attached hydrogen (secondary N) is 1. The molecule has 2 heterocycles. The van der Waals surface area contributed by atoms with E-state index in [4.69, 9.17) is 9.98 Å². The molecule has 282 valence electrons. The quantitative estimate of drug-likeness (QED) is 0.182. The molecule has 4 nitrogen and oxygen atoms in total. The predicted octanol–water partition coefficient (Wildman–Crippen LogP) is 11.4. The van der Waals surface area contributed by atoms with Gasteiger partial charge < -0.3 is 10.2 Å². The third kappa shape index (κ3) is 6.19. The van der Waals surface area contributed by atoms with E-state index in [1.54, 1.807) is 0 Å². The second kappa shape index (κ2) is 15.0. The van der Waals surface area contributed by atoms with Crippen LogP contribution in [0, 0.1) is 17.8 Å². The first kappa shape index (κ1) is 35.7. The lowest BCUT2D eigenvalue weighted by atomic mass is 9.62. The number of rotatable bonds is 8. The van der Waals surface area contributed by atoms with Crippen molar-refractivity contribution in [2.75, 3.05) is 4.90 Å². The Morgan fingerprint density at radius 2 is 1.53 bits per heavy atom. The molecule has 0 amide bonds. The highest BCUT2D eigenvalue weighted by molar-refractivity contribution is 6.17. The van der Waals surface area contributed by atoms with E-state index in [1.807, 2.05) is 6.08 Å². The van der Waals surface area contributed by atoms with Crippen molar-refractivity contribution in [1.29, 1.82) is 0 Å². The van der Waals surface area contributed by atoms with E-state index in [0.717, 1.165) is 54.1 Å². The zero-order valence-corrected chi connectivity index (χ0v) is 32.9. The normalized spacial score (nSPS) is 24.1. The number of nitrogens with zero attached hydrogens (tertiary/aromatic N) is 3. The average molecular weight is 751 g/mol. The molecule has 6 aliphatic rings. The SMILES string of the molecule is CC1(c2ccccc2)N=C(C2=CC3C4=C(C=CCC4)N(c4ccccc4)C3C=C2)NC(c2cccc(C(C3=CCCC=C3)(C3=CC=CC#CC3)c3ccccc3)c2)=N1. The van der Waals surface area contributed by atoms with Gasteiger partial charge in [0.1, 0.15) is 11.7 Å². The molecule has 4 heteroatoms. The number of benzene rings is 4. The standard InChI is InChI=1S/C54H46N4/c1-53(41-22-10-4-11-23-41)56-51(55-52(57-53)40-35-36-50-48(38-40)47-33-18-19-34-49(47)58(50)46-31-16-7-17-32-46)39-21-20-30-45(37-39)54(43-26-12-5-13-27-43,44-28-14-6-15-29-44)42-24-8-2-3-9-25-42/h2,4-5,7-8,10-14,16-17,19-24,26-32,34-38,48,50H,6,15,18,25,33H2,1H3,(H,55,56,57). The average Bonchev–Trinajstić information content (AvgIpc) is 3.39. The smallest absolute Gasteiger partial charge is 0.177 e. The number of amidine groups is 2. The Morgan fingerprint density at radius 1 is 0.776 bits per heavy atom. The van der Waals surface area contributed by atoms with Gasteiger partial charge in [0.15, 0.2) is 5.66 Å². The van der Waals surface area contributed by atoms with E-state index in [1.165, 1.54) is 39.2 Å². The molecule has 10 rings (SSSR count). The van der Waals surface area contributed by atoms with E-state index in [-0.39, 0.29) is 12.0 Å². The summed E-state index contributed by atoms with van der Waals surface area (Å²) < 4.78 is 0. The zero-order chi connectivity index (χ0) is 38.9. The van der Waals surface area contributed by atoms with Crippen LogP contribution in [0.2, 0.25) is 0 Å². The lowest BCUT2D eigenvalue weighted by Gasteiger charge is -2.40. The molecular weight excluding hydrogens is 705 g/mol. The van der Waals surface area contributed by atoms with Crippen molar-refractivity contribution in [2.45, 2.75) is 56.1 Å². The Morgan fingerprint density at radius 3 is 2.34 bits per heavy atom. The van der Waals surface area contributed by atoms with Gasteiger partial charge in [0.2, 0.25) is 0 Å². The number of hydrogen-bond acceptors (Lipinski definition) is 4. The Labute approximate surface area is 342 Å². The molecule has 4 aliphatic carbocycles. The number of allylic oxidation sites excluding steroid dienone is 10. The van der Waals surface area contributed by atoms with Crippen LogP contribution in [-0.4, -0.2) is 17.7 Å². The second-order valence-corrected chi connectivity index (χ2v) is 15.9. The molecule has 0 aromatic heterocycles. The van der Waals surface area contributed by atoms with Crippen LogP contribution in [0.4, 0.5) is 5.69 Å². The molecule has 1 N–H and O–H groups in total. The number of hydrogen-bond donors (Lipinski definition) is 1. The van der Waals surface area contributed by atoms with Crippen molar-refractivity contribution in [3.05, 3.63) is 232 Å². The Hall–Kier alpha value is -6.70. The van der Waals surface area contributed by atoms with Gasteiger partial charge in [-0.2, -0.15) is 0 Å². The molecule has 4 aromatic carbocycles. The third-order valence-electron chi connectivity index (χ3n) is 12.4. The molecule has 0 spiro atoms. The van der Waals surface area contributed by atoms with Crippen LogP contribution < -0.4 is 10.2 Å². The monoisotopic (exact) mass is 750 g/mol. The first-order chi connectivity index (χ1) is 28.6. The summed E-state index contributed by atoms with van der Waals surface area (Å²) in [5.41, 5.74) is 10.7. The lowest BCUT2D eigenvalue weighted by molar-refractivity contribution is 0.518. The number of anilines is 1. The molecule has 0 saturated heterocycles. The van der Waals surface area contributed by atoms with E-state index < -0.39 is 11.1 Å². The van der Waals surface area contributed by atoms with Gasteiger partial charge in [0.05, 0.1) is 11.5 Å². The topological polar surface area (TPSA) is 40.0 Å². The fourth-order valence-corrected chi connectivity index (χ4v) is 9.74. The number of fused-ring (bicyclic) bond motifs is 2. The van der Waals surface area contributed by atoms with E-state index in [0.29, 0.717) is 6.42 Å². The minimum absolute atomic E-state index is 0.209. The van der Waals surface area contributed by atoms with Crippen molar-refractivity contribution in [3.63, 3.8) is 0 Å². The van der Waals surface area contributed by atoms with Crippen LogP contribution in [0.3, 0.4) is 0 Å². The van der Waals surface area contributed by atoms with Gasteiger partial charge >= 0.3 is 0 Å². The van der Waals surface area contributed by atoms with Crippen LogP contribution >= 0.6 is 0 Å². The van der Waals surface area contributed by atoms with Crippen LogP contribution in [0.1, 0.15) is 61.3 Å². The largest absolute Gasteiger partial charge is 0.334 e. The van der Waals surface area contributed by atoms with Crippen LogP contribution in [0.5, 0.6) is 0 Å². The second-order valence-electron chi connectivity index (χ2n) is 15.9. The molecule has 4 atom stereocenters. The number of aliphatic imine (C=N–C) groups is 2. The third-order valence-corrected chi connectivity index (χ3v) is 12.4. The molecule has 2 aliphatic heterocycles. The van der Waals surface area contributed by atoms with Gasteiger partial charge in [-0.15, -0.1) is 0 Å². The highest BCUT2D eigenvalue weighted by atomic mass is 15.2. The van der Waals surface area contributed by atoms with Gasteiger partial charge in [-0.05, 0) is 90.8 Å². The molecule has 0 fully saturated rings. The summed E-state index contributed by atoms with van der Waals surface area (Å²) in [5.74, 6) is 8.56. The van der Waals surface area contributed by atoms with E-state index in [2.05, 4.69) is 205 Å². The van der Waals surface area contributed by atoms with Crippen LogP contribution in [0.15, 0.2) is 220 Å². The van der Waals surface area contributed by atoms with Crippen molar-refractivity contribution in [1.82, 2.24) is 5.32 Å². The van der Waals surface area contributed by atoms with Crippen molar-refractivity contribution >= 4 is 17.4 Å². The first-order valence-corrected chi connectivity index (χ1v) is 20.7. The Kier molecular flexibility index (Phi) is 9.23. The number of para-hydroxylation sites is 1. The maximum absolute atomic E-state index is 5.48. The van der Waals surface area contributed by atoms with E-state index in [9.17, 15) is 0 Å². The molecular formula is C54H46N4. The molecule has 4 aromatic rings. The summed E-state index contributed by atoms with van der Waals surface area (Å²) in [5, 5.41) is 3.81. The predicted molar refractivity (Wildman–Crippen MR) is 239 cm³/mol. The summed E-state index contributed by atoms with van der Waals surface area (Å²) in [6, 6.07) is 41.5. The fraction of sp³-hybridized carbons (Fsp3) is 0.185. The fourth-order valence-electron chi connectivity index (χ4n) is 9.74. The van der Waals surface area contributed by atoms with Crippen molar-refractivity contribution < 1.29 is 0 Å². The summed E-state index contributed by atoms with van der Waals surface area (Å²) in [6.45, 7) is 2.13. The highest BCUT2D eigenvalue weighted by Gasteiger charge is 2.43. The van der Waals surface area contributed by atoms with Gasteiger partial charge in [-0.1, -0.05) is 164 Å². The zero-order valence-electron chi connectivity index (χ0n) is 32.9. The van der Waals surface area contributed by atoms with Gasteiger partial charge in [-0.3, -0.25) is 0 Å². The lowest BCUT2D eigenvalue weighted by Crippen LogP contribution is -2.42. The summed E-state index contributed by atoms with van der Waals surface area (Å²) in [4.78, 5) is 13.5. The Balaban J connectivity index is 1.10. The Bertz CT molecular complexity index is 2640. The van der Waals surface area contributed by atoms with Gasteiger partial charge in [-0.25, -0.2) is 9.98 Å². The van der Waals surface area contributed by atoms with Crippen molar-refractivity contribution in [2.24, 2.45) is 15.9 Å². The van der Waals surface area contributed by atoms with E-state index >= 15 is 0 Å². The minimum atomic E-state index is -0.849. The maximum atomic E-state index is 5.48. The van der Waals surface area contributed by atoms with Crippen LogP contribution in [0.25, 0.3) is 0 Å². The van der Waals surface area contributed by atoms with Crippen LogP contribution in [-0.2, 0) is 11.1 Å². The molecule has 0 radical (unpaired) electrons. The maximum Gasteiger partial charge on any atom is 0.177 e. The van der Waals surface area contributed by atoms with Crippen molar-refractivity contribution in [3.8, 4) is 11.8 Å². The first-order valence-electron chi connectivity index (χ1n) is 20.7. The minimum Gasteiger partial charge on any atom is -0.334 e. The van der Waals surface area contributed by atoms with Gasteiger partial charge in [0, 0.05) is 40.4 Å². The summed E-state index contributed by atoms with van der Waals surface area (Å²) >= 11 is 0.